The number of pyridine rings is 1. The van der Waals surface area contributed by atoms with E-state index in [0.29, 0.717) is 0 Å². The summed E-state index contributed by atoms with van der Waals surface area (Å²) >= 11 is 0. The van der Waals surface area contributed by atoms with Gasteiger partial charge in [-0.3, -0.25) is 14.4 Å². The van der Waals surface area contributed by atoms with E-state index in [1.54, 1.807) is 44.2 Å². The van der Waals surface area contributed by atoms with E-state index < -0.39 is 58.8 Å². The second-order valence-electron chi connectivity index (χ2n) is 14.0. The predicted molar refractivity (Wildman–Crippen MR) is 184 cm³/mol. The molecule has 3 aromatic heterocycles. The van der Waals surface area contributed by atoms with E-state index >= 15 is 0 Å². The molecule has 1 aliphatic rings. The molecule has 276 valence electrons. The molecule has 4 heterocycles. The number of amides is 1. The molecule has 0 spiro atoms. The van der Waals surface area contributed by atoms with Gasteiger partial charge in [0.25, 0.3) is 0 Å². The van der Waals surface area contributed by atoms with Gasteiger partial charge in [-0.25, -0.2) is 41.6 Å². The molecule has 0 aliphatic carbocycles. The molecular formula is C38H35F5N6O4. The Balaban J connectivity index is 1.36. The van der Waals surface area contributed by atoms with E-state index in [2.05, 4.69) is 25.4 Å². The minimum absolute atomic E-state index is 0.000426. The Labute approximate surface area is 300 Å². The van der Waals surface area contributed by atoms with E-state index in [4.69, 9.17) is 4.74 Å². The number of fused-ring (bicyclic) bond motifs is 2. The quantitative estimate of drug-likeness (QED) is 0.0743. The van der Waals surface area contributed by atoms with Gasteiger partial charge in [-0.15, -0.1) is 0 Å². The molecule has 0 bridgehead atoms. The van der Waals surface area contributed by atoms with Crippen molar-refractivity contribution in [2.75, 3.05) is 5.32 Å². The highest BCUT2D eigenvalue weighted by Gasteiger charge is 2.44. The number of aryl methyl sites for hydroxylation is 1. The van der Waals surface area contributed by atoms with E-state index in [9.17, 15) is 36.3 Å². The maximum atomic E-state index is 15.0. The fourth-order valence-electron chi connectivity index (χ4n) is 6.40. The third-order valence-corrected chi connectivity index (χ3v) is 9.43. The molecule has 2 aromatic carbocycles. The third kappa shape index (κ3) is 7.64. The number of nitrogens with one attached hydrogen (secondary N) is 1. The maximum Gasteiger partial charge on any atom is 0.306 e. The van der Waals surface area contributed by atoms with Crippen LogP contribution in [0.2, 0.25) is 0 Å². The Hall–Kier alpha value is -5.60. The van der Waals surface area contributed by atoms with Gasteiger partial charge in [0.15, 0.2) is 28.9 Å². The van der Waals surface area contributed by atoms with Gasteiger partial charge in [0.2, 0.25) is 12.3 Å². The molecule has 10 nitrogen and oxygen atoms in total. The van der Waals surface area contributed by atoms with Crippen LogP contribution in [0.1, 0.15) is 79.3 Å². The molecule has 5 aromatic rings. The first-order valence-electron chi connectivity index (χ1n) is 16.8. The zero-order chi connectivity index (χ0) is 38.2. The van der Waals surface area contributed by atoms with Crippen molar-refractivity contribution in [1.82, 2.24) is 24.7 Å². The van der Waals surface area contributed by atoms with Crippen molar-refractivity contribution in [3.8, 4) is 11.5 Å². The Morgan fingerprint density at radius 1 is 1.00 bits per heavy atom. The number of ether oxygens (including phenoxy) is 1. The van der Waals surface area contributed by atoms with Crippen LogP contribution in [-0.4, -0.2) is 48.8 Å². The largest absolute Gasteiger partial charge is 0.461 e. The molecule has 1 amide bonds. The summed E-state index contributed by atoms with van der Waals surface area (Å²) in [5.74, 6) is -4.93. The van der Waals surface area contributed by atoms with Crippen LogP contribution in [-0.2, 0) is 32.9 Å². The number of hydrogen-bond acceptors (Lipinski definition) is 8. The van der Waals surface area contributed by atoms with Crippen LogP contribution in [0, 0.1) is 29.8 Å². The summed E-state index contributed by atoms with van der Waals surface area (Å²) in [4.78, 5) is 53.3. The Kier molecular flexibility index (Phi) is 10.1. The Morgan fingerprint density at radius 2 is 1.74 bits per heavy atom. The molecule has 15 heteroatoms. The van der Waals surface area contributed by atoms with Crippen LogP contribution < -0.4 is 5.32 Å². The standard InChI is InChI=1S/C38H35F5N6O4/c1-20-25(40)15-23-31(48-49(35(23)44-20)18-22-11-8-12-24(39)30(22)43)34-45-32(29-33(46-34)47-36(52)37(29,2)3)26(50)13-14-38(4,16-27(41)42)17-28(51)53-19-21-9-6-5-7-10-21/h5-12,15,27H,13-14,16-19H2,1-4H3,(H,45,46,47,52). The normalized spacial score (nSPS) is 14.6. The van der Waals surface area contributed by atoms with Gasteiger partial charge in [0.05, 0.1) is 29.5 Å². The summed E-state index contributed by atoms with van der Waals surface area (Å²) in [5.41, 5.74) is -1.98. The second kappa shape index (κ2) is 14.4. The number of Topliss-reactive ketones (excluding diaryl/α,β-unsaturated/α-hetero) is 1. The van der Waals surface area contributed by atoms with Gasteiger partial charge in [-0.1, -0.05) is 49.4 Å². The number of rotatable bonds is 13. The third-order valence-electron chi connectivity index (χ3n) is 9.43. The van der Waals surface area contributed by atoms with Gasteiger partial charge in [-0.05, 0) is 50.3 Å². The van der Waals surface area contributed by atoms with E-state index in [1.165, 1.54) is 30.7 Å². The molecule has 1 unspecified atom stereocenters. The topological polar surface area (TPSA) is 129 Å². The lowest BCUT2D eigenvalue weighted by Crippen LogP contribution is -2.29. The van der Waals surface area contributed by atoms with Crippen molar-refractivity contribution < 1.29 is 41.1 Å². The lowest BCUT2D eigenvalue weighted by Gasteiger charge is -2.28. The number of hydrogen-bond donors (Lipinski definition) is 1. The van der Waals surface area contributed by atoms with Crippen molar-refractivity contribution in [3.05, 3.63) is 100 Å². The molecule has 1 aliphatic heterocycles. The van der Waals surface area contributed by atoms with Gasteiger partial charge < -0.3 is 10.1 Å². The van der Waals surface area contributed by atoms with Crippen LogP contribution >= 0.6 is 0 Å². The number of carbonyl (C=O) groups is 3. The maximum absolute atomic E-state index is 15.0. The zero-order valence-corrected chi connectivity index (χ0v) is 29.3. The average molecular weight is 735 g/mol. The number of benzene rings is 2. The summed E-state index contributed by atoms with van der Waals surface area (Å²) < 4.78 is 77.9. The summed E-state index contributed by atoms with van der Waals surface area (Å²) in [7, 11) is 0. The fourth-order valence-corrected chi connectivity index (χ4v) is 6.40. The van der Waals surface area contributed by atoms with E-state index in [0.717, 1.165) is 17.7 Å². The van der Waals surface area contributed by atoms with E-state index in [1.807, 2.05) is 0 Å². The lowest BCUT2D eigenvalue weighted by atomic mass is 9.77. The van der Waals surface area contributed by atoms with Crippen molar-refractivity contribution in [3.63, 3.8) is 0 Å². The van der Waals surface area contributed by atoms with Gasteiger partial charge >= 0.3 is 5.97 Å². The van der Waals surface area contributed by atoms with Crippen molar-refractivity contribution in [1.29, 1.82) is 0 Å². The Morgan fingerprint density at radius 3 is 2.45 bits per heavy atom. The van der Waals surface area contributed by atoms with Crippen molar-refractivity contribution in [2.45, 2.75) is 78.4 Å². The number of anilines is 1. The van der Waals surface area contributed by atoms with Crippen LogP contribution in [0.15, 0.2) is 54.6 Å². The minimum atomic E-state index is -2.78. The minimum Gasteiger partial charge on any atom is -0.461 e. The van der Waals surface area contributed by atoms with Crippen LogP contribution in [0.4, 0.5) is 27.8 Å². The second-order valence-corrected chi connectivity index (χ2v) is 14.0. The van der Waals surface area contributed by atoms with Crippen molar-refractivity contribution >= 4 is 34.5 Å². The summed E-state index contributed by atoms with van der Waals surface area (Å²) in [6, 6.07) is 13.6. The molecule has 6 rings (SSSR count). The first-order chi connectivity index (χ1) is 25.1. The molecule has 1 N–H and O–H groups in total. The lowest BCUT2D eigenvalue weighted by molar-refractivity contribution is -0.148. The molecule has 0 saturated heterocycles. The molecule has 0 fully saturated rings. The average Bonchev–Trinajstić information content (AvgIpc) is 3.56. The fraction of sp³-hybridized carbons (Fsp3) is 0.342. The first-order valence-corrected chi connectivity index (χ1v) is 16.8. The Bertz CT molecular complexity index is 2240. The number of ketones is 1. The SMILES string of the molecule is Cc1nc2c(cc1F)c(-c1nc3c(c(C(=O)CCC(C)(CC(=O)OCc4ccccc4)CC(F)F)n1)C(C)(C)C(=O)N3)nn2Cc1cccc(F)c1F. The number of carbonyl (C=O) groups excluding carboxylic acids is 3. The molecule has 53 heavy (non-hydrogen) atoms. The van der Waals surface area contributed by atoms with Gasteiger partial charge in [-0.2, -0.15) is 5.10 Å². The van der Waals surface area contributed by atoms with Crippen LogP contribution in [0.25, 0.3) is 22.6 Å². The smallest absolute Gasteiger partial charge is 0.306 e. The highest BCUT2D eigenvalue weighted by atomic mass is 19.3. The molecule has 1 atom stereocenters. The number of esters is 1. The van der Waals surface area contributed by atoms with Crippen LogP contribution in [0.3, 0.4) is 0 Å². The van der Waals surface area contributed by atoms with Gasteiger partial charge in [0.1, 0.15) is 29.6 Å². The summed E-state index contributed by atoms with van der Waals surface area (Å²) in [6.07, 6.45) is -4.35. The van der Waals surface area contributed by atoms with Crippen molar-refractivity contribution in [2.24, 2.45) is 5.41 Å². The number of halogens is 5. The predicted octanol–water partition coefficient (Wildman–Crippen LogP) is 7.65. The van der Waals surface area contributed by atoms with E-state index in [-0.39, 0.29) is 83.3 Å². The van der Waals surface area contributed by atoms with Crippen LogP contribution in [0.5, 0.6) is 0 Å². The van der Waals surface area contributed by atoms with Gasteiger partial charge in [0, 0.05) is 24.0 Å². The highest BCUT2D eigenvalue weighted by Crippen LogP contribution is 2.42. The molecule has 0 saturated carbocycles. The number of alkyl halides is 2. The summed E-state index contributed by atoms with van der Waals surface area (Å²) in [6.45, 7) is 5.67. The molecule has 0 radical (unpaired) electrons. The molecular weight excluding hydrogens is 699 g/mol. The highest BCUT2D eigenvalue weighted by molar-refractivity contribution is 6.09. The monoisotopic (exact) mass is 734 g/mol. The summed E-state index contributed by atoms with van der Waals surface area (Å²) in [5, 5.41) is 7.24. The number of nitrogens with zero attached hydrogens (tertiary/aromatic N) is 5. The zero-order valence-electron chi connectivity index (χ0n) is 29.3. The first kappa shape index (κ1) is 37.2. The number of aromatic nitrogens is 5.